The zero-order valence-corrected chi connectivity index (χ0v) is 10.2. The third-order valence-corrected chi connectivity index (χ3v) is 2.80. The van der Waals surface area contributed by atoms with Crippen LogP contribution in [0.4, 0.5) is 0 Å². The molecule has 0 saturated heterocycles. The highest BCUT2D eigenvalue weighted by molar-refractivity contribution is 7.08. The smallest absolute Gasteiger partial charge is 0.247 e. The minimum Gasteiger partial charge on any atom is -0.480 e. The van der Waals surface area contributed by atoms with Crippen LogP contribution in [0.1, 0.15) is 16.1 Å². The van der Waals surface area contributed by atoms with Gasteiger partial charge in [0.25, 0.3) is 0 Å². The van der Waals surface area contributed by atoms with Crippen LogP contribution in [0, 0.1) is 0 Å². The van der Waals surface area contributed by atoms with Gasteiger partial charge in [-0.15, -0.1) is 0 Å². The van der Waals surface area contributed by atoms with Crippen molar-refractivity contribution < 1.29 is 14.3 Å². The molecule has 0 spiro atoms. The second-order valence-electron chi connectivity index (χ2n) is 3.11. The molecule has 0 radical (unpaired) electrons. The summed E-state index contributed by atoms with van der Waals surface area (Å²) in [4.78, 5) is 20.1. The van der Waals surface area contributed by atoms with Crippen LogP contribution in [0.25, 0.3) is 0 Å². The molecule has 2 aromatic rings. The molecule has 2 aromatic heterocycles. The number of methoxy groups -OCH3 is 2. The zero-order chi connectivity index (χ0) is 12.3. The second kappa shape index (κ2) is 4.92. The first-order valence-corrected chi connectivity index (χ1v) is 5.72. The molecular weight excluding hydrogens is 240 g/mol. The average molecular weight is 250 g/mol. The molecule has 5 nitrogen and oxygen atoms in total. The monoisotopic (exact) mass is 250 g/mol. The SMILES string of the molecule is COc1cnc(C(=O)c2ccsc2)c(OC)n1. The summed E-state index contributed by atoms with van der Waals surface area (Å²) in [5, 5.41) is 3.59. The van der Waals surface area contributed by atoms with E-state index in [0.29, 0.717) is 11.4 Å². The molecule has 0 atom stereocenters. The van der Waals surface area contributed by atoms with E-state index in [9.17, 15) is 4.79 Å². The van der Waals surface area contributed by atoms with E-state index in [2.05, 4.69) is 9.97 Å². The summed E-state index contributed by atoms with van der Waals surface area (Å²) in [7, 11) is 2.91. The van der Waals surface area contributed by atoms with Crippen LogP contribution in [0.2, 0.25) is 0 Å². The Balaban J connectivity index is 2.41. The third kappa shape index (κ3) is 2.26. The van der Waals surface area contributed by atoms with Gasteiger partial charge in [0, 0.05) is 10.9 Å². The van der Waals surface area contributed by atoms with Crippen LogP contribution < -0.4 is 9.47 Å². The van der Waals surface area contributed by atoms with E-state index in [1.807, 2.05) is 5.38 Å². The molecule has 6 heteroatoms. The Morgan fingerprint density at radius 1 is 1.35 bits per heavy atom. The number of hydrogen-bond donors (Lipinski definition) is 0. The highest BCUT2D eigenvalue weighted by atomic mass is 32.1. The Morgan fingerprint density at radius 2 is 2.18 bits per heavy atom. The molecule has 0 aromatic carbocycles. The van der Waals surface area contributed by atoms with E-state index in [1.54, 1.807) is 11.4 Å². The molecule has 0 fully saturated rings. The van der Waals surface area contributed by atoms with Crippen molar-refractivity contribution in [3.8, 4) is 11.8 Å². The number of rotatable bonds is 4. The third-order valence-electron chi connectivity index (χ3n) is 2.12. The molecule has 0 N–H and O–H groups in total. The van der Waals surface area contributed by atoms with E-state index in [1.165, 1.54) is 31.8 Å². The number of carbonyl (C=O) groups is 1. The van der Waals surface area contributed by atoms with E-state index >= 15 is 0 Å². The normalized spacial score (nSPS) is 10.0. The summed E-state index contributed by atoms with van der Waals surface area (Å²) in [6, 6.07) is 1.73. The predicted octanol–water partition coefficient (Wildman–Crippen LogP) is 1.79. The summed E-state index contributed by atoms with van der Waals surface area (Å²) < 4.78 is 9.96. The maximum atomic E-state index is 12.1. The summed E-state index contributed by atoms with van der Waals surface area (Å²) in [6.07, 6.45) is 1.39. The van der Waals surface area contributed by atoms with Gasteiger partial charge in [0.15, 0.2) is 5.69 Å². The van der Waals surface area contributed by atoms with Crippen molar-refractivity contribution in [1.82, 2.24) is 9.97 Å². The molecule has 2 heterocycles. The fraction of sp³-hybridized carbons (Fsp3) is 0.182. The number of carbonyl (C=O) groups excluding carboxylic acids is 1. The first kappa shape index (κ1) is 11.5. The molecule has 0 aliphatic carbocycles. The van der Waals surface area contributed by atoms with Crippen molar-refractivity contribution in [2.45, 2.75) is 0 Å². The predicted molar refractivity (Wildman–Crippen MR) is 62.9 cm³/mol. The molecule has 0 aliphatic rings. The number of aromatic nitrogens is 2. The zero-order valence-electron chi connectivity index (χ0n) is 9.34. The molecule has 0 aliphatic heterocycles. The van der Waals surface area contributed by atoms with E-state index in [0.717, 1.165) is 0 Å². The summed E-state index contributed by atoms with van der Waals surface area (Å²) >= 11 is 1.45. The Hall–Kier alpha value is -1.95. The lowest BCUT2D eigenvalue weighted by atomic mass is 10.1. The first-order valence-electron chi connectivity index (χ1n) is 4.78. The first-order chi connectivity index (χ1) is 8.26. The molecule has 17 heavy (non-hydrogen) atoms. The van der Waals surface area contributed by atoms with E-state index < -0.39 is 0 Å². The number of nitrogens with zero attached hydrogens (tertiary/aromatic N) is 2. The van der Waals surface area contributed by atoms with Gasteiger partial charge in [-0.3, -0.25) is 4.79 Å². The van der Waals surface area contributed by atoms with Crippen molar-refractivity contribution >= 4 is 17.1 Å². The fourth-order valence-corrected chi connectivity index (χ4v) is 1.92. The van der Waals surface area contributed by atoms with Gasteiger partial charge >= 0.3 is 0 Å². The van der Waals surface area contributed by atoms with Gasteiger partial charge in [0.2, 0.25) is 17.5 Å². The molecule has 88 valence electrons. The van der Waals surface area contributed by atoms with Crippen molar-refractivity contribution in [3.63, 3.8) is 0 Å². The fourth-order valence-electron chi connectivity index (χ4n) is 1.28. The molecule has 0 bridgehead atoms. The van der Waals surface area contributed by atoms with Crippen LogP contribution in [0.3, 0.4) is 0 Å². The number of thiophene rings is 1. The summed E-state index contributed by atoms with van der Waals surface area (Å²) in [6.45, 7) is 0. The minimum atomic E-state index is -0.210. The van der Waals surface area contributed by atoms with E-state index in [4.69, 9.17) is 9.47 Å². The number of ether oxygens (including phenoxy) is 2. The summed E-state index contributed by atoms with van der Waals surface area (Å²) in [5.41, 5.74) is 0.763. The van der Waals surface area contributed by atoms with Crippen LogP contribution in [0.15, 0.2) is 23.0 Å². The van der Waals surface area contributed by atoms with Crippen molar-refractivity contribution in [1.29, 1.82) is 0 Å². The quantitative estimate of drug-likeness (QED) is 0.774. The van der Waals surface area contributed by atoms with Gasteiger partial charge in [-0.25, -0.2) is 4.98 Å². The van der Waals surface area contributed by atoms with Gasteiger partial charge in [-0.2, -0.15) is 16.3 Å². The van der Waals surface area contributed by atoms with Crippen LogP contribution in [-0.4, -0.2) is 30.0 Å². The van der Waals surface area contributed by atoms with Gasteiger partial charge in [-0.05, 0) is 11.4 Å². The lowest BCUT2D eigenvalue weighted by Crippen LogP contribution is -2.07. The maximum Gasteiger partial charge on any atom is 0.247 e. The number of ketones is 1. The minimum absolute atomic E-state index is 0.167. The second-order valence-corrected chi connectivity index (χ2v) is 3.89. The average Bonchev–Trinajstić information content (AvgIpc) is 2.91. The lowest BCUT2D eigenvalue weighted by molar-refractivity contribution is 0.103. The largest absolute Gasteiger partial charge is 0.480 e. The van der Waals surface area contributed by atoms with Crippen molar-refractivity contribution in [2.24, 2.45) is 0 Å². The summed E-state index contributed by atoms with van der Waals surface area (Å²) in [5.74, 6) is 0.266. The molecule has 2 rings (SSSR count). The topological polar surface area (TPSA) is 61.3 Å². The Bertz CT molecular complexity index is 526. The van der Waals surface area contributed by atoms with Crippen LogP contribution in [0.5, 0.6) is 11.8 Å². The number of hydrogen-bond acceptors (Lipinski definition) is 6. The highest BCUT2D eigenvalue weighted by Crippen LogP contribution is 2.20. The van der Waals surface area contributed by atoms with Crippen LogP contribution in [-0.2, 0) is 0 Å². The van der Waals surface area contributed by atoms with E-state index in [-0.39, 0.29) is 17.4 Å². The van der Waals surface area contributed by atoms with Gasteiger partial charge in [-0.1, -0.05) is 0 Å². The van der Waals surface area contributed by atoms with Crippen molar-refractivity contribution in [3.05, 3.63) is 34.3 Å². The van der Waals surface area contributed by atoms with Crippen LogP contribution >= 0.6 is 11.3 Å². The molecule has 0 unspecified atom stereocenters. The van der Waals surface area contributed by atoms with Gasteiger partial charge in [0.1, 0.15) is 0 Å². The molecule has 0 amide bonds. The standard InChI is InChI=1S/C11H10N2O3S/c1-15-8-5-12-9(11(13-8)16-2)10(14)7-3-4-17-6-7/h3-6H,1-2H3. The Kier molecular flexibility index (Phi) is 3.34. The Morgan fingerprint density at radius 3 is 2.76 bits per heavy atom. The highest BCUT2D eigenvalue weighted by Gasteiger charge is 2.18. The van der Waals surface area contributed by atoms with Crippen molar-refractivity contribution in [2.75, 3.05) is 14.2 Å². The van der Waals surface area contributed by atoms with Gasteiger partial charge in [0.05, 0.1) is 20.4 Å². The molecular formula is C11H10N2O3S. The maximum absolute atomic E-state index is 12.1. The lowest BCUT2D eigenvalue weighted by Gasteiger charge is -2.06. The Labute approximate surface area is 102 Å². The van der Waals surface area contributed by atoms with Gasteiger partial charge < -0.3 is 9.47 Å². The molecule has 0 saturated carbocycles.